The van der Waals surface area contributed by atoms with Crippen molar-refractivity contribution in [2.24, 2.45) is 5.73 Å². The molecule has 0 saturated carbocycles. The van der Waals surface area contributed by atoms with E-state index in [-0.39, 0.29) is 12.2 Å². The Morgan fingerprint density at radius 3 is 2.35 bits per heavy atom. The molecule has 0 saturated heterocycles. The van der Waals surface area contributed by atoms with E-state index in [1.165, 1.54) is 4.57 Å². The molecule has 1 amide bonds. The summed E-state index contributed by atoms with van der Waals surface area (Å²) in [4.78, 5) is 23.1. The number of para-hydroxylation sites is 2. The molecule has 1 aromatic carbocycles. The van der Waals surface area contributed by atoms with E-state index >= 15 is 0 Å². The second kappa shape index (κ2) is 4.45. The highest BCUT2D eigenvalue weighted by Gasteiger charge is 2.12. The summed E-state index contributed by atoms with van der Waals surface area (Å²) in [7, 11) is 0. The van der Waals surface area contributed by atoms with Crippen molar-refractivity contribution in [3.8, 4) is 0 Å². The lowest BCUT2D eigenvalue weighted by atomic mass is 10.3. The van der Waals surface area contributed by atoms with Crippen molar-refractivity contribution in [2.45, 2.75) is 26.4 Å². The number of nitrogens with two attached hydrogens (primary N) is 1. The fraction of sp³-hybridized carbons (Fsp3) is 0.333. The van der Waals surface area contributed by atoms with Crippen molar-refractivity contribution < 1.29 is 4.79 Å². The van der Waals surface area contributed by atoms with Gasteiger partial charge in [0.15, 0.2) is 0 Å². The first-order valence-corrected chi connectivity index (χ1v) is 5.61. The number of carbonyl (C=O) groups excluding carboxylic acids is 1. The molecule has 5 nitrogen and oxygen atoms in total. The Morgan fingerprint density at radius 1 is 1.24 bits per heavy atom. The lowest BCUT2D eigenvalue weighted by molar-refractivity contribution is -0.118. The molecule has 0 unspecified atom stereocenters. The first-order valence-electron chi connectivity index (χ1n) is 5.61. The summed E-state index contributed by atoms with van der Waals surface area (Å²) >= 11 is 0. The summed E-state index contributed by atoms with van der Waals surface area (Å²) in [5.74, 6) is -0.508. The van der Waals surface area contributed by atoms with Gasteiger partial charge in [-0.1, -0.05) is 19.1 Å². The molecule has 90 valence electrons. The van der Waals surface area contributed by atoms with E-state index in [9.17, 15) is 9.59 Å². The van der Waals surface area contributed by atoms with Crippen LogP contribution in [0.3, 0.4) is 0 Å². The third kappa shape index (κ3) is 1.95. The molecular weight excluding hydrogens is 218 g/mol. The zero-order valence-electron chi connectivity index (χ0n) is 9.72. The normalized spacial score (nSPS) is 10.9. The number of hydrogen-bond acceptors (Lipinski definition) is 2. The maximum Gasteiger partial charge on any atom is 0.329 e. The number of carbonyl (C=O) groups is 1. The van der Waals surface area contributed by atoms with E-state index in [0.717, 1.165) is 17.5 Å². The molecule has 0 aliphatic rings. The largest absolute Gasteiger partial charge is 0.368 e. The number of fused-ring (bicyclic) bond motifs is 1. The molecule has 0 fully saturated rings. The van der Waals surface area contributed by atoms with Crippen molar-refractivity contribution in [3.63, 3.8) is 0 Å². The maximum atomic E-state index is 12.1. The zero-order valence-corrected chi connectivity index (χ0v) is 9.72. The number of amides is 1. The van der Waals surface area contributed by atoms with Gasteiger partial charge in [0.1, 0.15) is 6.54 Å². The average molecular weight is 233 g/mol. The number of rotatable bonds is 4. The molecule has 0 aliphatic heterocycles. The Morgan fingerprint density at radius 2 is 1.82 bits per heavy atom. The number of nitrogens with zero attached hydrogens (tertiary/aromatic N) is 2. The molecule has 5 heteroatoms. The second-order valence-electron chi connectivity index (χ2n) is 3.98. The molecular formula is C12H15N3O2. The van der Waals surface area contributed by atoms with Gasteiger partial charge in [-0.25, -0.2) is 4.79 Å². The van der Waals surface area contributed by atoms with Gasteiger partial charge in [-0.2, -0.15) is 0 Å². The maximum absolute atomic E-state index is 12.1. The molecule has 2 N–H and O–H groups in total. The standard InChI is InChI=1S/C12H15N3O2/c1-2-7-14-9-5-3-4-6-10(9)15(12(14)17)8-11(13)16/h3-6H,2,7-8H2,1H3,(H2,13,16). The van der Waals surface area contributed by atoms with Crippen LogP contribution in [0.2, 0.25) is 0 Å². The summed E-state index contributed by atoms with van der Waals surface area (Å²) < 4.78 is 3.10. The Bertz CT molecular complexity index is 610. The average Bonchev–Trinajstić information content (AvgIpc) is 2.55. The molecule has 1 aromatic heterocycles. The van der Waals surface area contributed by atoms with Crippen molar-refractivity contribution in [1.29, 1.82) is 0 Å². The Balaban J connectivity index is 2.70. The van der Waals surface area contributed by atoms with E-state index in [2.05, 4.69) is 0 Å². The van der Waals surface area contributed by atoms with Crippen molar-refractivity contribution in [1.82, 2.24) is 9.13 Å². The van der Waals surface area contributed by atoms with Gasteiger partial charge < -0.3 is 5.73 Å². The summed E-state index contributed by atoms with van der Waals surface area (Å²) in [5.41, 5.74) is 6.59. The van der Waals surface area contributed by atoms with Crippen LogP contribution >= 0.6 is 0 Å². The van der Waals surface area contributed by atoms with Crippen LogP contribution in [0.4, 0.5) is 0 Å². The fourth-order valence-electron chi connectivity index (χ4n) is 2.02. The number of aryl methyl sites for hydroxylation is 1. The molecule has 2 rings (SSSR count). The molecule has 0 spiro atoms. The van der Waals surface area contributed by atoms with Crippen LogP contribution in [0, 0.1) is 0 Å². The minimum Gasteiger partial charge on any atom is -0.368 e. The first-order chi connectivity index (χ1) is 8.15. The predicted molar refractivity (Wildman–Crippen MR) is 65.7 cm³/mol. The first kappa shape index (κ1) is 11.4. The van der Waals surface area contributed by atoms with Crippen molar-refractivity contribution >= 4 is 16.9 Å². The van der Waals surface area contributed by atoms with Crippen LogP contribution in [0.1, 0.15) is 13.3 Å². The predicted octanol–water partition coefficient (Wildman–Crippen LogP) is 0.698. The van der Waals surface area contributed by atoms with Crippen LogP contribution in [0.5, 0.6) is 0 Å². The highest BCUT2D eigenvalue weighted by molar-refractivity contribution is 5.80. The molecule has 0 radical (unpaired) electrons. The van der Waals surface area contributed by atoms with Gasteiger partial charge in [-0.3, -0.25) is 13.9 Å². The summed E-state index contributed by atoms with van der Waals surface area (Å²) in [6.45, 7) is 2.58. The Kier molecular flexibility index (Phi) is 2.99. The number of aromatic nitrogens is 2. The topological polar surface area (TPSA) is 70.0 Å². The fourth-order valence-corrected chi connectivity index (χ4v) is 2.02. The highest BCUT2D eigenvalue weighted by Crippen LogP contribution is 2.12. The van der Waals surface area contributed by atoms with Gasteiger partial charge in [0.25, 0.3) is 0 Å². The quantitative estimate of drug-likeness (QED) is 0.844. The number of hydrogen-bond donors (Lipinski definition) is 1. The minimum absolute atomic E-state index is 0.0734. The minimum atomic E-state index is -0.508. The van der Waals surface area contributed by atoms with Crippen LogP contribution < -0.4 is 11.4 Å². The highest BCUT2D eigenvalue weighted by atomic mass is 16.2. The van der Waals surface area contributed by atoms with Crippen molar-refractivity contribution in [3.05, 3.63) is 34.7 Å². The zero-order chi connectivity index (χ0) is 12.4. The second-order valence-corrected chi connectivity index (χ2v) is 3.98. The molecule has 2 aromatic rings. The van der Waals surface area contributed by atoms with Crippen molar-refractivity contribution in [2.75, 3.05) is 0 Å². The summed E-state index contributed by atoms with van der Waals surface area (Å²) in [5, 5.41) is 0. The monoisotopic (exact) mass is 233 g/mol. The van der Waals surface area contributed by atoms with E-state index < -0.39 is 5.91 Å². The van der Waals surface area contributed by atoms with Crippen LogP contribution in [0.15, 0.2) is 29.1 Å². The smallest absolute Gasteiger partial charge is 0.329 e. The summed E-state index contributed by atoms with van der Waals surface area (Å²) in [6.07, 6.45) is 0.866. The third-order valence-corrected chi connectivity index (χ3v) is 2.69. The number of primary amides is 1. The van der Waals surface area contributed by atoms with Crippen LogP contribution in [-0.4, -0.2) is 15.0 Å². The molecule has 0 bridgehead atoms. The molecule has 17 heavy (non-hydrogen) atoms. The van der Waals surface area contributed by atoms with Gasteiger partial charge in [-0.05, 0) is 18.6 Å². The summed E-state index contributed by atoms with van der Waals surface area (Å²) in [6, 6.07) is 7.42. The van der Waals surface area contributed by atoms with Gasteiger partial charge in [0, 0.05) is 6.54 Å². The Hall–Kier alpha value is -2.04. The number of benzene rings is 1. The molecule has 1 heterocycles. The van der Waals surface area contributed by atoms with Crippen LogP contribution in [0.25, 0.3) is 11.0 Å². The van der Waals surface area contributed by atoms with E-state index in [1.54, 1.807) is 4.57 Å². The van der Waals surface area contributed by atoms with Gasteiger partial charge in [-0.15, -0.1) is 0 Å². The Labute approximate surface area is 98.4 Å². The van der Waals surface area contributed by atoms with Gasteiger partial charge in [0.2, 0.25) is 5.91 Å². The van der Waals surface area contributed by atoms with E-state index in [1.807, 2.05) is 31.2 Å². The molecule has 0 atom stereocenters. The lowest BCUT2D eigenvalue weighted by Crippen LogP contribution is -2.29. The number of imidazole rings is 1. The van der Waals surface area contributed by atoms with E-state index in [0.29, 0.717) is 6.54 Å². The van der Waals surface area contributed by atoms with Gasteiger partial charge >= 0.3 is 5.69 Å². The lowest BCUT2D eigenvalue weighted by Gasteiger charge is -1.98. The SMILES string of the molecule is CCCn1c(=O)n(CC(N)=O)c2ccccc21. The van der Waals surface area contributed by atoms with E-state index in [4.69, 9.17) is 5.73 Å². The molecule has 0 aliphatic carbocycles. The third-order valence-electron chi connectivity index (χ3n) is 2.69. The van der Waals surface area contributed by atoms with Crippen LogP contribution in [-0.2, 0) is 17.9 Å². The van der Waals surface area contributed by atoms with Gasteiger partial charge in [0.05, 0.1) is 11.0 Å².